The zero-order valence-corrected chi connectivity index (χ0v) is 9.56. The van der Waals surface area contributed by atoms with Gasteiger partial charge in [0.15, 0.2) is 0 Å². The van der Waals surface area contributed by atoms with E-state index in [-0.39, 0.29) is 12.5 Å². The highest BCUT2D eigenvalue weighted by molar-refractivity contribution is 5.84. The molecule has 1 rings (SSSR count). The van der Waals surface area contributed by atoms with Crippen molar-refractivity contribution in [3.8, 4) is 0 Å². The summed E-state index contributed by atoms with van der Waals surface area (Å²) in [6, 6.07) is -0.446. The summed E-state index contributed by atoms with van der Waals surface area (Å²) in [6.07, 6.45) is 3.44. The van der Waals surface area contributed by atoms with Crippen molar-refractivity contribution in [3.05, 3.63) is 18.0 Å². The largest absolute Gasteiger partial charge is 0.468 e. The molecule has 0 aliphatic carbocycles. The van der Waals surface area contributed by atoms with E-state index in [2.05, 4.69) is 15.2 Å². The molecule has 1 heterocycles. The quantitative estimate of drug-likeness (QED) is 0.734. The van der Waals surface area contributed by atoms with Crippen LogP contribution in [-0.2, 0) is 14.3 Å². The molecule has 88 valence electrons. The van der Waals surface area contributed by atoms with Crippen molar-refractivity contribution in [1.29, 1.82) is 0 Å². The number of nitrogens with zero attached hydrogens (tertiary/aromatic N) is 2. The molecule has 1 amide bonds. The van der Waals surface area contributed by atoms with Gasteiger partial charge in [-0.15, -0.1) is 0 Å². The molecule has 0 spiro atoms. The minimum absolute atomic E-state index is 0.125. The Kier molecular flexibility index (Phi) is 4.04. The summed E-state index contributed by atoms with van der Waals surface area (Å²) in [6.45, 7) is 3.47. The fraction of sp³-hybridized carbons (Fsp3) is 0.500. The molecule has 1 aromatic heterocycles. The molecule has 0 saturated heterocycles. The first kappa shape index (κ1) is 12.2. The van der Waals surface area contributed by atoms with Crippen molar-refractivity contribution in [2.45, 2.75) is 19.9 Å². The Hall–Kier alpha value is -1.85. The monoisotopic (exact) mass is 225 g/mol. The number of hydrogen-bond acceptors (Lipinski definition) is 4. The lowest BCUT2D eigenvalue weighted by atomic mass is 10.3. The number of ether oxygens (including phenoxy) is 1. The van der Waals surface area contributed by atoms with Crippen LogP contribution in [0.2, 0.25) is 0 Å². The van der Waals surface area contributed by atoms with E-state index in [1.165, 1.54) is 7.11 Å². The number of carbonyl (C=O) groups is 2. The molecular weight excluding hydrogens is 210 g/mol. The van der Waals surface area contributed by atoms with Gasteiger partial charge >= 0.3 is 5.97 Å². The van der Waals surface area contributed by atoms with Crippen LogP contribution >= 0.6 is 0 Å². The maximum absolute atomic E-state index is 11.6. The lowest BCUT2D eigenvalue weighted by molar-refractivity contribution is -0.141. The van der Waals surface area contributed by atoms with Crippen molar-refractivity contribution in [2.75, 3.05) is 13.7 Å². The number of aryl methyl sites for hydroxylation is 1. The van der Waals surface area contributed by atoms with E-state index in [0.29, 0.717) is 0 Å². The molecule has 0 aliphatic heterocycles. The maximum atomic E-state index is 11.6. The highest BCUT2D eigenvalue weighted by Crippen LogP contribution is 2.05. The second-order valence-electron chi connectivity index (χ2n) is 3.47. The first-order valence-corrected chi connectivity index (χ1v) is 4.90. The van der Waals surface area contributed by atoms with Crippen LogP contribution in [0.15, 0.2) is 12.4 Å². The van der Waals surface area contributed by atoms with Crippen LogP contribution in [0.25, 0.3) is 0 Å². The number of hydrogen-bond donors (Lipinski definition) is 1. The van der Waals surface area contributed by atoms with Gasteiger partial charge < -0.3 is 10.1 Å². The van der Waals surface area contributed by atoms with Gasteiger partial charge in [-0.25, -0.2) is 0 Å². The molecule has 0 bridgehead atoms. The standard InChI is InChI=1S/C10H15N3O3/c1-7-4-12-13(6-7)8(2)10(15)11-5-9(14)16-3/h4,6,8H,5H2,1-3H3,(H,11,15). The maximum Gasteiger partial charge on any atom is 0.325 e. The average Bonchev–Trinajstić information content (AvgIpc) is 2.71. The molecular formula is C10H15N3O3. The summed E-state index contributed by atoms with van der Waals surface area (Å²) >= 11 is 0. The molecule has 16 heavy (non-hydrogen) atoms. The molecule has 0 aromatic carbocycles. The highest BCUT2D eigenvalue weighted by atomic mass is 16.5. The van der Waals surface area contributed by atoms with E-state index in [1.807, 2.05) is 6.92 Å². The summed E-state index contributed by atoms with van der Waals surface area (Å²) in [7, 11) is 1.27. The third-order valence-electron chi connectivity index (χ3n) is 2.14. The zero-order chi connectivity index (χ0) is 12.1. The van der Waals surface area contributed by atoms with Gasteiger partial charge in [0.2, 0.25) is 5.91 Å². The molecule has 0 saturated carbocycles. The van der Waals surface area contributed by atoms with Gasteiger partial charge in [0, 0.05) is 6.20 Å². The Balaban J connectivity index is 2.51. The number of nitrogens with one attached hydrogen (secondary N) is 1. The molecule has 6 nitrogen and oxygen atoms in total. The Morgan fingerprint density at radius 3 is 2.81 bits per heavy atom. The second-order valence-corrected chi connectivity index (χ2v) is 3.47. The van der Waals surface area contributed by atoms with Crippen molar-refractivity contribution in [2.24, 2.45) is 0 Å². The third kappa shape index (κ3) is 3.08. The number of esters is 1. The molecule has 1 aromatic rings. The molecule has 1 atom stereocenters. The lowest BCUT2D eigenvalue weighted by Crippen LogP contribution is -2.35. The summed E-state index contributed by atoms with van der Waals surface area (Å²) in [5.41, 5.74) is 0.979. The molecule has 0 aliphatic rings. The number of carbonyl (C=O) groups excluding carboxylic acids is 2. The smallest absolute Gasteiger partial charge is 0.325 e. The second kappa shape index (κ2) is 5.29. The van der Waals surface area contributed by atoms with E-state index in [1.54, 1.807) is 24.0 Å². The number of aromatic nitrogens is 2. The number of methoxy groups -OCH3 is 1. The van der Waals surface area contributed by atoms with Crippen LogP contribution in [0.5, 0.6) is 0 Å². The summed E-state index contributed by atoms with van der Waals surface area (Å²) in [4.78, 5) is 22.4. The first-order valence-electron chi connectivity index (χ1n) is 4.90. The minimum Gasteiger partial charge on any atom is -0.468 e. The van der Waals surface area contributed by atoms with E-state index in [4.69, 9.17) is 0 Å². The first-order chi connectivity index (χ1) is 7.54. The lowest BCUT2D eigenvalue weighted by Gasteiger charge is -2.11. The van der Waals surface area contributed by atoms with Gasteiger partial charge in [0.25, 0.3) is 0 Å². The topological polar surface area (TPSA) is 73.2 Å². The predicted molar refractivity (Wildman–Crippen MR) is 56.7 cm³/mol. The molecule has 0 radical (unpaired) electrons. The van der Waals surface area contributed by atoms with E-state index in [9.17, 15) is 9.59 Å². The zero-order valence-electron chi connectivity index (χ0n) is 9.56. The van der Waals surface area contributed by atoms with Gasteiger partial charge in [-0.3, -0.25) is 14.3 Å². The number of rotatable bonds is 4. The fourth-order valence-corrected chi connectivity index (χ4v) is 1.14. The van der Waals surface area contributed by atoms with E-state index < -0.39 is 12.0 Å². The van der Waals surface area contributed by atoms with Gasteiger partial charge in [-0.05, 0) is 19.4 Å². The van der Waals surface area contributed by atoms with Crippen LogP contribution in [0.3, 0.4) is 0 Å². The molecule has 1 N–H and O–H groups in total. The Morgan fingerprint density at radius 2 is 2.31 bits per heavy atom. The van der Waals surface area contributed by atoms with Crippen molar-refractivity contribution < 1.29 is 14.3 Å². The summed E-state index contributed by atoms with van der Waals surface area (Å²) < 4.78 is 5.96. The Morgan fingerprint density at radius 1 is 1.62 bits per heavy atom. The van der Waals surface area contributed by atoms with Crippen LogP contribution in [-0.4, -0.2) is 35.3 Å². The Labute approximate surface area is 93.6 Å². The Bertz CT molecular complexity index is 386. The number of amides is 1. The average molecular weight is 225 g/mol. The SMILES string of the molecule is COC(=O)CNC(=O)C(C)n1cc(C)cn1. The van der Waals surface area contributed by atoms with Gasteiger partial charge in [0.05, 0.1) is 13.3 Å². The highest BCUT2D eigenvalue weighted by Gasteiger charge is 2.16. The van der Waals surface area contributed by atoms with E-state index in [0.717, 1.165) is 5.56 Å². The van der Waals surface area contributed by atoms with Crippen LogP contribution in [0.4, 0.5) is 0 Å². The van der Waals surface area contributed by atoms with Gasteiger partial charge in [0.1, 0.15) is 12.6 Å². The minimum atomic E-state index is -0.475. The molecule has 0 fully saturated rings. The van der Waals surface area contributed by atoms with Crippen LogP contribution in [0, 0.1) is 6.92 Å². The predicted octanol–water partition coefficient (Wildman–Crippen LogP) is 0.0417. The summed E-state index contributed by atoms with van der Waals surface area (Å²) in [5.74, 6) is -0.745. The van der Waals surface area contributed by atoms with E-state index >= 15 is 0 Å². The van der Waals surface area contributed by atoms with Crippen LogP contribution < -0.4 is 5.32 Å². The molecule has 1 unspecified atom stereocenters. The van der Waals surface area contributed by atoms with Crippen molar-refractivity contribution in [3.63, 3.8) is 0 Å². The van der Waals surface area contributed by atoms with Crippen LogP contribution in [0.1, 0.15) is 18.5 Å². The van der Waals surface area contributed by atoms with Gasteiger partial charge in [-0.2, -0.15) is 5.10 Å². The third-order valence-corrected chi connectivity index (χ3v) is 2.14. The van der Waals surface area contributed by atoms with Crippen molar-refractivity contribution >= 4 is 11.9 Å². The molecule has 6 heteroatoms. The van der Waals surface area contributed by atoms with Gasteiger partial charge in [-0.1, -0.05) is 0 Å². The summed E-state index contributed by atoms with van der Waals surface area (Å²) in [5, 5.41) is 6.49. The normalized spacial score (nSPS) is 11.9. The van der Waals surface area contributed by atoms with Crippen molar-refractivity contribution in [1.82, 2.24) is 15.1 Å². The fourth-order valence-electron chi connectivity index (χ4n) is 1.14.